The Morgan fingerprint density at radius 1 is 1.24 bits per heavy atom. The van der Waals surface area contributed by atoms with Gasteiger partial charge in [-0.1, -0.05) is 31.9 Å². The Bertz CT molecular complexity index is 519. The van der Waals surface area contributed by atoms with Gasteiger partial charge in [0, 0.05) is 6.04 Å². The minimum absolute atomic E-state index is 0.0451. The molecule has 2 rings (SSSR count). The van der Waals surface area contributed by atoms with Crippen molar-refractivity contribution in [1.82, 2.24) is 10.6 Å². The maximum Gasteiger partial charge on any atom is 0.254 e. The molecular weight excluding hydrogens is 271 g/mol. The number of benzene rings is 1. The minimum atomic E-state index is -0.587. The standard InChI is InChI=1S/C16H21FN2O2/c1-11-6-2-5-9-14(11)19-15(20)10-18-16(21)12-7-3-4-8-13(12)17/h3-4,7-8,11,14H,2,5-6,9-10H2,1H3,(H,18,21)(H,19,20). The van der Waals surface area contributed by atoms with Gasteiger partial charge in [-0.15, -0.1) is 0 Å². The highest BCUT2D eigenvalue weighted by molar-refractivity contribution is 5.96. The number of carbonyl (C=O) groups is 2. The average Bonchev–Trinajstić information content (AvgIpc) is 2.48. The summed E-state index contributed by atoms with van der Waals surface area (Å²) < 4.78 is 13.4. The molecule has 21 heavy (non-hydrogen) atoms. The molecule has 4 nitrogen and oxygen atoms in total. The molecule has 1 aromatic carbocycles. The quantitative estimate of drug-likeness (QED) is 0.894. The highest BCUT2D eigenvalue weighted by Crippen LogP contribution is 2.23. The second-order valence-corrected chi connectivity index (χ2v) is 5.60. The molecule has 2 atom stereocenters. The lowest BCUT2D eigenvalue weighted by molar-refractivity contribution is -0.121. The molecule has 0 bridgehead atoms. The lowest BCUT2D eigenvalue weighted by atomic mass is 9.86. The molecule has 2 N–H and O–H groups in total. The van der Waals surface area contributed by atoms with E-state index in [0.29, 0.717) is 5.92 Å². The zero-order chi connectivity index (χ0) is 15.2. The first kappa shape index (κ1) is 15.5. The summed E-state index contributed by atoms with van der Waals surface area (Å²) in [7, 11) is 0. The number of rotatable bonds is 4. The van der Waals surface area contributed by atoms with Gasteiger partial charge in [0.05, 0.1) is 12.1 Å². The molecule has 0 saturated heterocycles. The molecule has 2 unspecified atom stereocenters. The fraction of sp³-hybridized carbons (Fsp3) is 0.500. The Hall–Kier alpha value is -1.91. The lowest BCUT2D eigenvalue weighted by Gasteiger charge is -2.29. The maximum absolute atomic E-state index is 13.4. The van der Waals surface area contributed by atoms with E-state index < -0.39 is 11.7 Å². The first-order valence-corrected chi connectivity index (χ1v) is 7.40. The smallest absolute Gasteiger partial charge is 0.254 e. The molecule has 5 heteroatoms. The second kappa shape index (κ2) is 7.20. The van der Waals surface area contributed by atoms with E-state index in [4.69, 9.17) is 0 Å². The van der Waals surface area contributed by atoms with Gasteiger partial charge in [0.2, 0.25) is 5.91 Å². The van der Waals surface area contributed by atoms with Gasteiger partial charge in [0.15, 0.2) is 0 Å². The Labute approximate surface area is 124 Å². The third-order valence-electron chi connectivity index (χ3n) is 3.99. The van der Waals surface area contributed by atoms with Crippen LogP contribution in [-0.4, -0.2) is 24.4 Å². The van der Waals surface area contributed by atoms with Crippen molar-refractivity contribution in [2.75, 3.05) is 6.54 Å². The molecule has 0 aliphatic heterocycles. The molecule has 0 spiro atoms. The summed E-state index contributed by atoms with van der Waals surface area (Å²) in [6.45, 7) is 2.00. The van der Waals surface area contributed by atoms with Crippen LogP contribution < -0.4 is 10.6 Å². The Kier molecular flexibility index (Phi) is 5.31. The number of halogens is 1. The maximum atomic E-state index is 13.4. The number of hydrogen-bond acceptors (Lipinski definition) is 2. The number of carbonyl (C=O) groups excluding carboxylic acids is 2. The average molecular weight is 292 g/mol. The van der Waals surface area contributed by atoms with E-state index in [9.17, 15) is 14.0 Å². The van der Waals surface area contributed by atoms with Crippen molar-refractivity contribution < 1.29 is 14.0 Å². The SMILES string of the molecule is CC1CCCCC1NC(=O)CNC(=O)c1ccccc1F. The van der Waals surface area contributed by atoms with E-state index in [-0.39, 0.29) is 24.1 Å². The van der Waals surface area contributed by atoms with Crippen molar-refractivity contribution in [3.05, 3.63) is 35.6 Å². The van der Waals surface area contributed by atoms with Gasteiger partial charge in [-0.25, -0.2) is 4.39 Å². The summed E-state index contributed by atoms with van der Waals surface area (Å²) in [5, 5.41) is 5.40. The van der Waals surface area contributed by atoms with Crippen LogP contribution in [0.1, 0.15) is 43.0 Å². The fourth-order valence-corrected chi connectivity index (χ4v) is 2.69. The van der Waals surface area contributed by atoms with Crippen LogP contribution in [0.3, 0.4) is 0 Å². The van der Waals surface area contributed by atoms with Crippen LogP contribution >= 0.6 is 0 Å². The van der Waals surface area contributed by atoms with Crippen molar-refractivity contribution in [2.45, 2.75) is 38.6 Å². The second-order valence-electron chi connectivity index (χ2n) is 5.60. The monoisotopic (exact) mass is 292 g/mol. The molecule has 114 valence electrons. The minimum Gasteiger partial charge on any atom is -0.352 e. The Balaban J connectivity index is 1.81. The van der Waals surface area contributed by atoms with Crippen LogP contribution in [0.5, 0.6) is 0 Å². The van der Waals surface area contributed by atoms with Gasteiger partial charge in [0.25, 0.3) is 5.91 Å². The van der Waals surface area contributed by atoms with Crippen molar-refractivity contribution in [3.8, 4) is 0 Å². The van der Waals surface area contributed by atoms with Crippen molar-refractivity contribution in [1.29, 1.82) is 0 Å². The molecule has 1 aromatic rings. The highest BCUT2D eigenvalue weighted by atomic mass is 19.1. The first-order valence-electron chi connectivity index (χ1n) is 7.40. The predicted octanol–water partition coefficient (Wildman–Crippen LogP) is 2.25. The molecular formula is C16H21FN2O2. The molecule has 1 fully saturated rings. The molecule has 1 aliphatic rings. The van der Waals surface area contributed by atoms with Gasteiger partial charge >= 0.3 is 0 Å². The third kappa shape index (κ3) is 4.28. The van der Waals surface area contributed by atoms with Crippen molar-refractivity contribution in [2.24, 2.45) is 5.92 Å². The van der Waals surface area contributed by atoms with Crippen LogP contribution in [0, 0.1) is 11.7 Å². The molecule has 0 heterocycles. The summed E-state index contributed by atoms with van der Waals surface area (Å²) >= 11 is 0. The highest BCUT2D eigenvalue weighted by Gasteiger charge is 2.22. The zero-order valence-corrected chi connectivity index (χ0v) is 12.2. The van der Waals surface area contributed by atoms with Crippen LogP contribution in [0.15, 0.2) is 24.3 Å². The summed E-state index contributed by atoms with van der Waals surface area (Å²) in [6.07, 6.45) is 4.43. The first-order chi connectivity index (χ1) is 10.1. The molecule has 2 amide bonds. The number of hydrogen-bond donors (Lipinski definition) is 2. The van der Waals surface area contributed by atoms with Crippen LogP contribution in [0.4, 0.5) is 4.39 Å². The van der Waals surface area contributed by atoms with Gasteiger partial charge in [-0.2, -0.15) is 0 Å². The summed E-state index contributed by atoms with van der Waals surface area (Å²) in [6, 6.07) is 5.90. The third-order valence-corrected chi connectivity index (χ3v) is 3.99. The largest absolute Gasteiger partial charge is 0.352 e. The number of nitrogens with one attached hydrogen (secondary N) is 2. The van der Waals surface area contributed by atoms with E-state index in [0.717, 1.165) is 19.3 Å². The van der Waals surface area contributed by atoms with Gasteiger partial charge in [0.1, 0.15) is 5.82 Å². The van der Waals surface area contributed by atoms with E-state index in [1.807, 2.05) is 0 Å². The lowest BCUT2D eigenvalue weighted by Crippen LogP contribution is -2.45. The van der Waals surface area contributed by atoms with Gasteiger partial charge in [-0.3, -0.25) is 9.59 Å². The Morgan fingerprint density at radius 3 is 2.67 bits per heavy atom. The van der Waals surface area contributed by atoms with Crippen LogP contribution in [0.2, 0.25) is 0 Å². The van der Waals surface area contributed by atoms with Gasteiger partial charge < -0.3 is 10.6 Å². The molecule has 1 saturated carbocycles. The van der Waals surface area contributed by atoms with E-state index >= 15 is 0 Å². The van der Waals surface area contributed by atoms with E-state index in [2.05, 4.69) is 17.6 Å². The molecule has 0 radical (unpaired) electrons. The van der Waals surface area contributed by atoms with Crippen molar-refractivity contribution in [3.63, 3.8) is 0 Å². The van der Waals surface area contributed by atoms with Crippen LogP contribution in [0.25, 0.3) is 0 Å². The normalized spacial score (nSPS) is 21.6. The topological polar surface area (TPSA) is 58.2 Å². The summed E-state index contributed by atoms with van der Waals surface area (Å²) in [4.78, 5) is 23.7. The number of amides is 2. The van der Waals surface area contributed by atoms with E-state index in [1.54, 1.807) is 6.07 Å². The summed E-state index contributed by atoms with van der Waals surface area (Å²) in [5.41, 5.74) is -0.0451. The van der Waals surface area contributed by atoms with E-state index in [1.165, 1.54) is 24.6 Å². The zero-order valence-electron chi connectivity index (χ0n) is 12.2. The van der Waals surface area contributed by atoms with Gasteiger partial charge in [-0.05, 0) is 30.9 Å². The molecule has 0 aromatic heterocycles. The van der Waals surface area contributed by atoms with Crippen molar-refractivity contribution >= 4 is 11.8 Å². The predicted molar refractivity (Wildman–Crippen MR) is 78.3 cm³/mol. The van der Waals surface area contributed by atoms with Crippen LogP contribution in [-0.2, 0) is 4.79 Å². The summed E-state index contributed by atoms with van der Waals surface area (Å²) in [5.74, 6) is -0.917. The fourth-order valence-electron chi connectivity index (χ4n) is 2.69. The Morgan fingerprint density at radius 2 is 1.95 bits per heavy atom. The molecule has 1 aliphatic carbocycles.